The molecule has 0 saturated heterocycles. The lowest BCUT2D eigenvalue weighted by Gasteiger charge is -2.14. The molecule has 5 nitrogen and oxygen atoms in total. The minimum Gasteiger partial charge on any atom is -0.508 e. The van der Waals surface area contributed by atoms with Gasteiger partial charge in [0.25, 0.3) is 10.0 Å². The number of phenolic OH excluding ortho intramolecular Hbond substituents is 1. The van der Waals surface area contributed by atoms with Gasteiger partial charge in [-0.05, 0) is 43.2 Å². The number of phenols is 1. The molecule has 120 valence electrons. The standard InChI is InChI=1S/C17H17NO4S/c19-16-8-4-7-14(16)15-11-12(9-10-17(15)20)18-23(21,22)13-5-2-1-3-6-13/h1-3,5-6,9-11,14,18,20H,4,7-8H2/t14-/m0/s1. The second kappa shape index (κ2) is 6.04. The van der Waals surface area contributed by atoms with Gasteiger partial charge in [0.15, 0.2) is 0 Å². The van der Waals surface area contributed by atoms with Crippen LogP contribution < -0.4 is 4.72 Å². The van der Waals surface area contributed by atoms with Crippen molar-refractivity contribution in [3.05, 3.63) is 54.1 Å². The predicted molar refractivity (Wildman–Crippen MR) is 87.0 cm³/mol. The lowest BCUT2D eigenvalue weighted by atomic mass is 9.95. The maximum absolute atomic E-state index is 12.3. The summed E-state index contributed by atoms with van der Waals surface area (Å²) in [5, 5.41) is 10.00. The highest BCUT2D eigenvalue weighted by Crippen LogP contribution is 2.37. The molecule has 0 unspecified atom stereocenters. The molecular formula is C17H17NO4S. The van der Waals surface area contributed by atoms with Crippen molar-refractivity contribution in [3.63, 3.8) is 0 Å². The third-order valence-electron chi connectivity index (χ3n) is 4.01. The van der Waals surface area contributed by atoms with E-state index >= 15 is 0 Å². The van der Waals surface area contributed by atoms with Crippen molar-refractivity contribution in [2.45, 2.75) is 30.1 Å². The molecule has 0 amide bonds. The van der Waals surface area contributed by atoms with Crippen molar-refractivity contribution in [2.75, 3.05) is 4.72 Å². The number of carbonyl (C=O) groups excluding carboxylic acids is 1. The van der Waals surface area contributed by atoms with E-state index in [0.717, 1.165) is 6.42 Å². The van der Waals surface area contributed by atoms with Crippen molar-refractivity contribution in [1.82, 2.24) is 0 Å². The summed E-state index contributed by atoms with van der Waals surface area (Å²) in [5.41, 5.74) is 0.821. The molecule has 6 heteroatoms. The Bertz CT molecular complexity index is 831. The molecular weight excluding hydrogens is 314 g/mol. The normalized spacial score (nSPS) is 18.1. The maximum Gasteiger partial charge on any atom is 0.261 e. The summed E-state index contributed by atoms with van der Waals surface area (Å²) >= 11 is 0. The van der Waals surface area contributed by atoms with Crippen LogP contribution in [0.2, 0.25) is 0 Å². The van der Waals surface area contributed by atoms with Gasteiger partial charge in [0.2, 0.25) is 0 Å². The van der Waals surface area contributed by atoms with Crippen LogP contribution in [-0.4, -0.2) is 19.3 Å². The highest BCUT2D eigenvalue weighted by Gasteiger charge is 2.28. The van der Waals surface area contributed by atoms with Gasteiger partial charge in [0.1, 0.15) is 11.5 Å². The topological polar surface area (TPSA) is 83.5 Å². The van der Waals surface area contributed by atoms with Crippen LogP contribution in [0.15, 0.2) is 53.4 Å². The minimum absolute atomic E-state index is 0.0212. The first-order valence-corrected chi connectivity index (χ1v) is 8.89. The summed E-state index contributed by atoms with van der Waals surface area (Å²) in [4.78, 5) is 12.1. The zero-order chi connectivity index (χ0) is 16.4. The van der Waals surface area contributed by atoms with Gasteiger partial charge in [-0.1, -0.05) is 18.2 Å². The average molecular weight is 331 g/mol. The number of aromatic hydroxyl groups is 1. The number of ketones is 1. The average Bonchev–Trinajstić information content (AvgIpc) is 2.96. The van der Waals surface area contributed by atoms with Crippen molar-refractivity contribution in [3.8, 4) is 5.75 Å². The van der Waals surface area contributed by atoms with Gasteiger partial charge in [0.05, 0.1) is 4.90 Å². The van der Waals surface area contributed by atoms with E-state index in [1.807, 2.05) is 0 Å². The Kier molecular flexibility index (Phi) is 4.09. The van der Waals surface area contributed by atoms with Gasteiger partial charge in [-0.3, -0.25) is 9.52 Å². The van der Waals surface area contributed by atoms with Crippen LogP contribution in [0.1, 0.15) is 30.7 Å². The molecule has 0 aliphatic heterocycles. The Morgan fingerprint density at radius 2 is 1.83 bits per heavy atom. The summed E-state index contributed by atoms with van der Waals surface area (Å²) in [6.07, 6.45) is 1.98. The number of sulfonamides is 1. The first-order valence-electron chi connectivity index (χ1n) is 7.41. The Balaban J connectivity index is 1.91. The zero-order valence-corrected chi connectivity index (χ0v) is 13.2. The smallest absolute Gasteiger partial charge is 0.261 e. The quantitative estimate of drug-likeness (QED) is 0.844. The largest absolute Gasteiger partial charge is 0.508 e. The van der Waals surface area contributed by atoms with Gasteiger partial charge < -0.3 is 5.11 Å². The Labute approximate surface area is 135 Å². The molecule has 0 aromatic heterocycles. The maximum atomic E-state index is 12.3. The fourth-order valence-corrected chi connectivity index (χ4v) is 3.93. The summed E-state index contributed by atoms with van der Waals surface area (Å²) < 4.78 is 27.2. The van der Waals surface area contributed by atoms with E-state index in [-0.39, 0.29) is 22.3 Å². The molecule has 3 rings (SSSR count). The summed E-state index contributed by atoms with van der Waals surface area (Å²) in [5.74, 6) is -0.243. The van der Waals surface area contributed by atoms with Crippen LogP contribution in [0.4, 0.5) is 5.69 Å². The second-order valence-corrected chi connectivity index (χ2v) is 7.29. The van der Waals surface area contributed by atoms with E-state index in [9.17, 15) is 18.3 Å². The monoisotopic (exact) mass is 331 g/mol. The Hall–Kier alpha value is -2.34. The fraction of sp³-hybridized carbons (Fsp3) is 0.235. The van der Waals surface area contributed by atoms with Gasteiger partial charge in [-0.15, -0.1) is 0 Å². The molecule has 1 fully saturated rings. The molecule has 2 N–H and O–H groups in total. The number of anilines is 1. The lowest BCUT2D eigenvalue weighted by Crippen LogP contribution is -2.13. The highest BCUT2D eigenvalue weighted by atomic mass is 32.2. The van der Waals surface area contributed by atoms with Crippen molar-refractivity contribution in [2.24, 2.45) is 0 Å². The Morgan fingerprint density at radius 3 is 2.48 bits per heavy atom. The molecule has 2 aromatic rings. The third kappa shape index (κ3) is 3.22. The number of hydrogen-bond acceptors (Lipinski definition) is 4. The van der Waals surface area contributed by atoms with Crippen LogP contribution in [0.3, 0.4) is 0 Å². The van der Waals surface area contributed by atoms with Crippen LogP contribution in [0.5, 0.6) is 5.75 Å². The van der Waals surface area contributed by atoms with E-state index in [4.69, 9.17) is 0 Å². The number of Topliss-reactive ketones (excluding diaryl/α,β-unsaturated/α-hetero) is 1. The van der Waals surface area contributed by atoms with E-state index in [2.05, 4.69) is 4.72 Å². The van der Waals surface area contributed by atoms with E-state index in [1.54, 1.807) is 24.3 Å². The Morgan fingerprint density at radius 1 is 1.09 bits per heavy atom. The van der Waals surface area contributed by atoms with Crippen LogP contribution >= 0.6 is 0 Å². The summed E-state index contributed by atoms with van der Waals surface area (Å²) in [7, 11) is -3.70. The summed E-state index contributed by atoms with van der Waals surface area (Å²) in [6, 6.07) is 12.5. The van der Waals surface area contributed by atoms with Crippen molar-refractivity contribution >= 4 is 21.5 Å². The first-order chi connectivity index (χ1) is 11.0. The number of nitrogens with one attached hydrogen (secondary N) is 1. The third-order valence-corrected chi connectivity index (χ3v) is 5.41. The molecule has 1 aliphatic carbocycles. The number of hydrogen-bond donors (Lipinski definition) is 2. The molecule has 0 radical (unpaired) electrons. The van der Waals surface area contributed by atoms with Gasteiger partial charge in [-0.25, -0.2) is 8.42 Å². The van der Waals surface area contributed by atoms with Gasteiger partial charge in [-0.2, -0.15) is 0 Å². The second-order valence-electron chi connectivity index (χ2n) is 5.60. The van der Waals surface area contributed by atoms with Gasteiger partial charge >= 0.3 is 0 Å². The zero-order valence-electron chi connectivity index (χ0n) is 12.4. The molecule has 2 aromatic carbocycles. The molecule has 1 aliphatic rings. The van der Waals surface area contributed by atoms with E-state index in [0.29, 0.717) is 24.1 Å². The number of carbonyl (C=O) groups is 1. The molecule has 0 heterocycles. The molecule has 0 bridgehead atoms. The highest BCUT2D eigenvalue weighted by molar-refractivity contribution is 7.92. The van der Waals surface area contributed by atoms with Crippen LogP contribution in [0, 0.1) is 0 Å². The van der Waals surface area contributed by atoms with Crippen LogP contribution in [0.25, 0.3) is 0 Å². The summed E-state index contributed by atoms with van der Waals surface area (Å²) in [6.45, 7) is 0. The van der Waals surface area contributed by atoms with E-state index < -0.39 is 10.0 Å². The lowest BCUT2D eigenvalue weighted by molar-refractivity contribution is -0.118. The number of benzene rings is 2. The first kappa shape index (κ1) is 15.6. The van der Waals surface area contributed by atoms with Crippen LogP contribution in [-0.2, 0) is 14.8 Å². The minimum atomic E-state index is -3.70. The molecule has 0 spiro atoms. The molecule has 23 heavy (non-hydrogen) atoms. The van der Waals surface area contributed by atoms with Crippen molar-refractivity contribution < 1.29 is 18.3 Å². The van der Waals surface area contributed by atoms with E-state index in [1.165, 1.54) is 24.3 Å². The molecule has 1 atom stereocenters. The fourth-order valence-electron chi connectivity index (χ4n) is 2.86. The number of rotatable bonds is 4. The SMILES string of the molecule is O=C1CCC[C@H]1c1cc(NS(=O)(=O)c2ccccc2)ccc1O. The predicted octanol–water partition coefficient (Wildman–Crippen LogP) is 3.03. The van der Waals surface area contributed by atoms with Crippen molar-refractivity contribution in [1.29, 1.82) is 0 Å². The van der Waals surface area contributed by atoms with Gasteiger partial charge in [0, 0.05) is 23.6 Å². The molecule has 1 saturated carbocycles.